The van der Waals surface area contributed by atoms with Crippen LogP contribution < -0.4 is 0 Å². The summed E-state index contributed by atoms with van der Waals surface area (Å²) in [5, 5.41) is 0.763. The molecule has 0 N–H and O–H groups in total. The molecule has 2 aromatic heterocycles. The number of pyridine rings is 1. The fourth-order valence-corrected chi connectivity index (χ4v) is 2.74. The molecule has 0 saturated heterocycles. The van der Waals surface area contributed by atoms with Crippen LogP contribution in [0, 0.1) is 0 Å². The monoisotopic (exact) mass is 339 g/mol. The average molecular weight is 341 g/mol. The highest BCUT2D eigenvalue weighted by atomic mass is 35.5. The zero-order valence-corrected chi connectivity index (χ0v) is 13.5. The normalized spacial score (nSPS) is 12.8. The number of hydrogen-bond donors (Lipinski definition) is 0. The number of hydrogen-bond acceptors (Lipinski definition) is 2. The van der Waals surface area contributed by atoms with E-state index in [1.54, 1.807) is 12.3 Å². The van der Waals surface area contributed by atoms with E-state index in [1.165, 1.54) is 0 Å². The van der Waals surface area contributed by atoms with Gasteiger partial charge in [-0.25, -0.2) is 4.98 Å². The molecule has 0 spiro atoms. The van der Waals surface area contributed by atoms with Gasteiger partial charge in [0.15, 0.2) is 0 Å². The molecule has 1 unspecified atom stereocenters. The largest absolute Gasteiger partial charge is 0.321 e. The van der Waals surface area contributed by atoms with Crippen molar-refractivity contribution in [3.8, 4) is 0 Å². The second-order valence-electron chi connectivity index (χ2n) is 4.75. The molecule has 0 aliphatic heterocycles. The predicted octanol–water partition coefficient (Wildman–Crippen LogP) is 5.09. The maximum absolute atomic E-state index is 6.26. The summed E-state index contributed by atoms with van der Waals surface area (Å²) in [6.07, 6.45) is 1.77. The average Bonchev–Trinajstić information content (AvgIpc) is 2.79. The molecule has 21 heavy (non-hydrogen) atoms. The Bertz CT molecular complexity index is 782. The summed E-state index contributed by atoms with van der Waals surface area (Å²) in [6, 6.07) is 9.38. The molecule has 0 amide bonds. The Hall–Kier alpha value is -1.29. The molecule has 0 fully saturated rings. The van der Waals surface area contributed by atoms with Crippen molar-refractivity contribution in [1.82, 2.24) is 14.5 Å². The van der Waals surface area contributed by atoms with Gasteiger partial charge in [-0.1, -0.05) is 29.3 Å². The van der Waals surface area contributed by atoms with Crippen molar-refractivity contribution in [2.75, 3.05) is 0 Å². The van der Waals surface area contributed by atoms with E-state index < -0.39 is 0 Å². The van der Waals surface area contributed by atoms with Gasteiger partial charge in [0, 0.05) is 6.20 Å². The van der Waals surface area contributed by atoms with Gasteiger partial charge >= 0.3 is 0 Å². The summed E-state index contributed by atoms with van der Waals surface area (Å²) in [5.74, 6) is 0.774. The van der Waals surface area contributed by atoms with Gasteiger partial charge < -0.3 is 4.57 Å². The van der Waals surface area contributed by atoms with Crippen molar-refractivity contribution in [3.05, 3.63) is 58.1 Å². The highest BCUT2D eigenvalue weighted by molar-refractivity contribution is 6.42. The second-order valence-corrected chi connectivity index (χ2v) is 6.22. The highest BCUT2D eigenvalue weighted by Crippen LogP contribution is 2.31. The quantitative estimate of drug-likeness (QED) is 0.622. The molecule has 0 bridgehead atoms. The van der Waals surface area contributed by atoms with Crippen LogP contribution in [-0.2, 0) is 6.54 Å². The minimum atomic E-state index is -0.223. The summed E-state index contributed by atoms with van der Waals surface area (Å²) < 4.78 is 2.03. The maximum Gasteiger partial charge on any atom is 0.128 e. The van der Waals surface area contributed by atoms with Gasteiger partial charge in [-0.15, -0.1) is 11.6 Å². The number of alkyl halides is 1. The van der Waals surface area contributed by atoms with Gasteiger partial charge in [0.2, 0.25) is 0 Å². The van der Waals surface area contributed by atoms with Crippen molar-refractivity contribution < 1.29 is 0 Å². The molecule has 108 valence electrons. The third-order valence-corrected chi connectivity index (χ3v) is 4.14. The van der Waals surface area contributed by atoms with Crippen molar-refractivity contribution >= 4 is 45.8 Å². The molecule has 2 heterocycles. The van der Waals surface area contributed by atoms with E-state index in [0.29, 0.717) is 16.6 Å². The third kappa shape index (κ3) is 2.86. The standard InChI is InChI=1S/C15H12Cl3N3/c1-9(16)15-20-13-6-11(17)12(18)7-14(13)21(15)8-10-4-2-3-5-19-10/h2-7,9H,8H2,1H3. The van der Waals surface area contributed by atoms with Crippen LogP contribution in [0.25, 0.3) is 11.0 Å². The molecule has 3 rings (SSSR count). The van der Waals surface area contributed by atoms with Gasteiger partial charge in [-0.05, 0) is 31.2 Å². The summed E-state index contributed by atoms with van der Waals surface area (Å²) in [7, 11) is 0. The van der Waals surface area contributed by atoms with Gasteiger partial charge in [0.05, 0.1) is 38.7 Å². The van der Waals surface area contributed by atoms with Crippen LogP contribution in [-0.4, -0.2) is 14.5 Å². The Morgan fingerprint density at radius 1 is 1.19 bits per heavy atom. The lowest BCUT2D eigenvalue weighted by Gasteiger charge is -2.10. The Balaban J connectivity index is 2.18. The zero-order chi connectivity index (χ0) is 15.0. The molecule has 6 heteroatoms. The van der Waals surface area contributed by atoms with E-state index in [9.17, 15) is 0 Å². The number of imidazole rings is 1. The van der Waals surface area contributed by atoms with Crippen molar-refractivity contribution in [2.45, 2.75) is 18.8 Å². The van der Waals surface area contributed by atoms with Crippen LogP contribution in [0.3, 0.4) is 0 Å². The lowest BCUT2D eigenvalue weighted by Crippen LogP contribution is -2.06. The Morgan fingerprint density at radius 2 is 1.95 bits per heavy atom. The lowest BCUT2D eigenvalue weighted by molar-refractivity contribution is 0.727. The van der Waals surface area contributed by atoms with Gasteiger partial charge in [0.1, 0.15) is 5.82 Å². The number of benzene rings is 1. The molecule has 0 radical (unpaired) electrons. The Kier molecular flexibility index (Phi) is 4.07. The molecule has 1 atom stereocenters. The first-order valence-electron chi connectivity index (χ1n) is 6.45. The SMILES string of the molecule is CC(Cl)c1nc2cc(Cl)c(Cl)cc2n1Cc1ccccn1. The summed E-state index contributed by atoms with van der Waals surface area (Å²) in [5.41, 5.74) is 2.61. The van der Waals surface area contributed by atoms with Crippen LogP contribution in [0.15, 0.2) is 36.5 Å². The van der Waals surface area contributed by atoms with E-state index in [1.807, 2.05) is 35.8 Å². The summed E-state index contributed by atoms with van der Waals surface area (Å²) in [4.78, 5) is 8.92. The summed E-state index contributed by atoms with van der Waals surface area (Å²) in [6.45, 7) is 2.47. The van der Waals surface area contributed by atoms with Gasteiger partial charge in [-0.2, -0.15) is 0 Å². The molecular formula is C15H12Cl3N3. The van der Waals surface area contributed by atoms with Crippen LogP contribution in [0.1, 0.15) is 23.8 Å². The first-order valence-corrected chi connectivity index (χ1v) is 7.64. The molecular weight excluding hydrogens is 329 g/mol. The molecule has 0 saturated carbocycles. The van der Waals surface area contributed by atoms with Gasteiger partial charge in [-0.3, -0.25) is 4.98 Å². The molecule has 3 aromatic rings. The zero-order valence-electron chi connectivity index (χ0n) is 11.2. The maximum atomic E-state index is 6.26. The Morgan fingerprint density at radius 3 is 2.62 bits per heavy atom. The fraction of sp³-hybridized carbons (Fsp3) is 0.200. The van der Waals surface area contributed by atoms with E-state index >= 15 is 0 Å². The molecule has 0 aliphatic rings. The molecule has 1 aromatic carbocycles. The van der Waals surface area contributed by atoms with Crippen LogP contribution >= 0.6 is 34.8 Å². The van der Waals surface area contributed by atoms with Crippen LogP contribution in [0.5, 0.6) is 0 Å². The number of aromatic nitrogens is 3. The third-order valence-electron chi connectivity index (χ3n) is 3.22. The number of halogens is 3. The number of nitrogens with zero attached hydrogens (tertiary/aromatic N) is 3. The minimum Gasteiger partial charge on any atom is -0.321 e. The van der Waals surface area contributed by atoms with Gasteiger partial charge in [0.25, 0.3) is 0 Å². The van der Waals surface area contributed by atoms with E-state index in [0.717, 1.165) is 22.6 Å². The van der Waals surface area contributed by atoms with Crippen LogP contribution in [0.4, 0.5) is 0 Å². The molecule has 0 aliphatic carbocycles. The first-order chi connectivity index (χ1) is 10.1. The second kappa shape index (κ2) is 5.84. The smallest absolute Gasteiger partial charge is 0.128 e. The van der Waals surface area contributed by atoms with Crippen molar-refractivity contribution in [1.29, 1.82) is 0 Å². The number of rotatable bonds is 3. The first kappa shape index (κ1) is 14.6. The fourth-order valence-electron chi connectivity index (χ4n) is 2.26. The van der Waals surface area contributed by atoms with Crippen molar-refractivity contribution in [2.24, 2.45) is 0 Å². The predicted molar refractivity (Wildman–Crippen MR) is 87.4 cm³/mol. The van der Waals surface area contributed by atoms with Crippen LogP contribution in [0.2, 0.25) is 10.0 Å². The van der Waals surface area contributed by atoms with Crippen molar-refractivity contribution in [3.63, 3.8) is 0 Å². The highest BCUT2D eigenvalue weighted by Gasteiger charge is 2.17. The van der Waals surface area contributed by atoms with E-state index in [2.05, 4.69) is 9.97 Å². The topological polar surface area (TPSA) is 30.7 Å². The number of fused-ring (bicyclic) bond motifs is 1. The van der Waals surface area contributed by atoms with E-state index in [4.69, 9.17) is 34.8 Å². The lowest BCUT2D eigenvalue weighted by atomic mass is 10.3. The summed E-state index contributed by atoms with van der Waals surface area (Å²) >= 11 is 18.4. The van der Waals surface area contributed by atoms with E-state index in [-0.39, 0.29) is 5.38 Å². The molecule has 3 nitrogen and oxygen atoms in total. The minimum absolute atomic E-state index is 0.223. The Labute approximate surface area is 137 Å².